The maximum absolute atomic E-state index is 11.9. The first-order chi connectivity index (χ1) is 9.15. The third-order valence-electron chi connectivity index (χ3n) is 3.16. The number of carbonyl (C=O) groups is 2. The van der Waals surface area contributed by atoms with Crippen molar-refractivity contribution in [1.82, 2.24) is 0 Å². The number of esters is 1. The van der Waals surface area contributed by atoms with E-state index < -0.39 is 0 Å². The average Bonchev–Trinajstić information content (AvgIpc) is 2.80. The van der Waals surface area contributed by atoms with Gasteiger partial charge < -0.3 is 9.64 Å². The van der Waals surface area contributed by atoms with Gasteiger partial charge in [-0.05, 0) is 25.1 Å². The molecule has 0 aromatic heterocycles. The van der Waals surface area contributed by atoms with Crippen LogP contribution in [0.15, 0.2) is 36.9 Å². The second kappa shape index (κ2) is 5.69. The Balaban J connectivity index is 2.21. The molecule has 1 heterocycles. The summed E-state index contributed by atoms with van der Waals surface area (Å²) in [6.45, 7) is 6.44. The van der Waals surface area contributed by atoms with Gasteiger partial charge in [-0.15, -0.1) is 6.58 Å². The fourth-order valence-corrected chi connectivity index (χ4v) is 2.16. The zero-order chi connectivity index (χ0) is 13.8. The fourth-order valence-electron chi connectivity index (χ4n) is 2.16. The van der Waals surface area contributed by atoms with Gasteiger partial charge in [0.2, 0.25) is 5.91 Å². The zero-order valence-electron chi connectivity index (χ0n) is 11.0. The molecule has 1 amide bonds. The molecule has 0 saturated carbocycles. The first-order valence-corrected chi connectivity index (χ1v) is 6.35. The largest absolute Gasteiger partial charge is 0.462 e. The molecule has 100 valence electrons. The average molecular weight is 259 g/mol. The van der Waals surface area contributed by atoms with Gasteiger partial charge in [-0.1, -0.05) is 12.1 Å². The van der Waals surface area contributed by atoms with Gasteiger partial charge in [0.25, 0.3) is 0 Å². The number of carbonyl (C=O) groups excluding carboxylic acids is 2. The summed E-state index contributed by atoms with van der Waals surface area (Å²) in [5, 5.41) is 0. The first-order valence-electron chi connectivity index (χ1n) is 6.35. The van der Waals surface area contributed by atoms with E-state index in [2.05, 4.69) is 6.58 Å². The van der Waals surface area contributed by atoms with Gasteiger partial charge in [-0.2, -0.15) is 0 Å². The molecule has 1 aromatic rings. The fraction of sp³-hybridized carbons (Fsp3) is 0.333. The molecule has 1 aromatic carbocycles. The van der Waals surface area contributed by atoms with Crippen molar-refractivity contribution in [3.8, 4) is 0 Å². The van der Waals surface area contributed by atoms with Crippen LogP contribution in [0.5, 0.6) is 0 Å². The standard InChI is InChI=1S/C15H17NO3/c1-3-11-8-14(17)16(10-11)13-7-5-6-12(9-13)15(18)19-4-2/h3,5-7,9,11H,1,4,8,10H2,2H3. The number of nitrogens with zero attached hydrogens (tertiary/aromatic N) is 1. The van der Waals surface area contributed by atoms with E-state index in [0.717, 1.165) is 5.69 Å². The van der Waals surface area contributed by atoms with Crippen LogP contribution in [0.1, 0.15) is 23.7 Å². The Morgan fingerprint density at radius 3 is 3.00 bits per heavy atom. The number of hydrogen-bond acceptors (Lipinski definition) is 3. The molecule has 1 aliphatic heterocycles. The Kier molecular flexibility index (Phi) is 4.00. The normalized spacial score (nSPS) is 18.5. The number of hydrogen-bond donors (Lipinski definition) is 0. The van der Waals surface area contributed by atoms with Crippen molar-refractivity contribution in [2.24, 2.45) is 5.92 Å². The smallest absolute Gasteiger partial charge is 0.338 e. The van der Waals surface area contributed by atoms with Crippen LogP contribution >= 0.6 is 0 Å². The summed E-state index contributed by atoms with van der Waals surface area (Å²) >= 11 is 0. The van der Waals surface area contributed by atoms with E-state index in [1.165, 1.54) is 0 Å². The predicted molar refractivity (Wildman–Crippen MR) is 73.1 cm³/mol. The Hall–Kier alpha value is -2.10. The van der Waals surface area contributed by atoms with Crippen molar-refractivity contribution in [3.05, 3.63) is 42.5 Å². The van der Waals surface area contributed by atoms with Crippen LogP contribution in [0.4, 0.5) is 5.69 Å². The summed E-state index contributed by atoms with van der Waals surface area (Å²) < 4.78 is 4.96. The second-order valence-electron chi connectivity index (χ2n) is 4.48. The molecule has 0 aliphatic carbocycles. The zero-order valence-corrected chi connectivity index (χ0v) is 11.0. The first kappa shape index (κ1) is 13.3. The van der Waals surface area contributed by atoms with E-state index in [0.29, 0.717) is 25.1 Å². The van der Waals surface area contributed by atoms with Gasteiger partial charge in [-0.25, -0.2) is 4.79 Å². The highest BCUT2D eigenvalue weighted by Crippen LogP contribution is 2.26. The van der Waals surface area contributed by atoms with Crippen LogP contribution in [0, 0.1) is 5.92 Å². The monoisotopic (exact) mass is 259 g/mol. The molecule has 0 N–H and O–H groups in total. The third-order valence-corrected chi connectivity index (χ3v) is 3.16. The lowest BCUT2D eigenvalue weighted by Crippen LogP contribution is -2.24. The van der Waals surface area contributed by atoms with E-state index in [9.17, 15) is 9.59 Å². The molecule has 19 heavy (non-hydrogen) atoms. The Morgan fingerprint density at radius 2 is 2.37 bits per heavy atom. The molecular weight excluding hydrogens is 242 g/mol. The molecular formula is C15H17NO3. The Bertz CT molecular complexity index is 510. The maximum Gasteiger partial charge on any atom is 0.338 e. The molecule has 1 atom stereocenters. The topological polar surface area (TPSA) is 46.6 Å². The highest BCUT2D eigenvalue weighted by atomic mass is 16.5. The van der Waals surface area contributed by atoms with Crippen LogP contribution < -0.4 is 4.90 Å². The predicted octanol–water partition coefficient (Wildman–Crippen LogP) is 2.40. The van der Waals surface area contributed by atoms with E-state index in [-0.39, 0.29) is 17.8 Å². The lowest BCUT2D eigenvalue weighted by Gasteiger charge is -2.16. The molecule has 1 fully saturated rings. The van der Waals surface area contributed by atoms with E-state index >= 15 is 0 Å². The minimum Gasteiger partial charge on any atom is -0.462 e. The van der Waals surface area contributed by atoms with Gasteiger partial charge in [0, 0.05) is 24.6 Å². The van der Waals surface area contributed by atoms with Crippen molar-refractivity contribution in [3.63, 3.8) is 0 Å². The summed E-state index contributed by atoms with van der Waals surface area (Å²) in [5.41, 5.74) is 1.20. The van der Waals surface area contributed by atoms with Crippen molar-refractivity contribution in [2.75, 3.05) is 18.1 Å². The Labute approximate surface area is 112 Å². The van der Waals surface area contributed by atoms with Crippen molar-refractivity contribution >= 4 is 17.6 Å². The molecule has 0 bridgehead atoms. The molecule has 1 aliphatic rings. The highest BCUT2D eigenvalue weighted by molar-refractivity contribution is 5.98. The molecule has 1 unspecified atom stereocenters. The van der Waals surface area contributed by atoms with Crippen molar-refractivity contribution in [1.29, 1.82) is 0 Å². The summed E-state index contributed by atoms with van der Waals surface area (Å²) in [4.78, 5) is 25.3. The molecule has 2 rings (SSSR count). The van der Waals surface area contributed by atoms with E-state index in [1.54, 1.807) is 36.1 Å². The lowest BCUT2D eigenvalue weighted by atomic mass is 10.1. The van der Waals surface area contributed by atoms with E-state index in [1.807, 2.05) is 6.07 Å². The van der Waals surface area contributed by atoms with Crippen LogP contribution in [-0.2, 0) is 9.53 Å². The van der Waals surface area contributed by atoms with Gasteiger partial charge in [-0.3, -0.25) is 4.79 Å². The number of anilines is 1. The number of amides is 1. The van der Waals surface area contributed by atoms with Gasteiger partial charge in [0.05, 0.1) is 12.2 Å². The van der Waals surface area contributed by atoms with Gasteiger partial charge in [0.1, 0.15) is 0 Å². The van der Waals surface area contributed by atoms with Crippen LogP contribution in [0.2, 0.25) is 0 Å². The van der Waals surface area contributed by atoms with Gasteiger partial charge in [0.15, 0.2) is 0 Å². The molecule has 0 radical (unpaired) electrons. The summed E-state index contributed by atoms with van der Waals surface area (Å²) in [6, 6.07) is 6.97. The lowest BCUT2D eigenvalue weighted by molar-refractivity contribution is -0.117. The molecule has 4 heteroatoms. The van der Waals surface area contributed by atoms with Crippen molar-refractivity contribution in [2.45, 2.75) is 13.3 Å². The third kappa shape index (κ3) is 2.84. The Morgan fingerprint density at radius 1 is 1.58 bits per heavy atom. The summed E-state index contributed by atoms with van der Waals surface area (Å²) in [7, 11) is 0. The molecule has 4 nitrogen and oxygen atoms in total. The molecule has 0 spiro atoms. The summed E-state index contributed by atoms with van der Waals surface area (Å²) in [6.07, 6.45) is 2.28. The second-order valence-corrected chi connectivity index (χ2v) is 4.48. The number of rotatable bonds is 4. The number of benzene rings is 1. The maximum atomic E-state index is 11.9. The van der Waals surface area contributed by atoms with Crippen LogP contribution in [-0.4, -0.2) is 25.0 Å². The number of ether oxygens (including phenoxy) is 1. The van der Waals surface area contributed by atoms with Crippen LogP contribution in [0.25, 0.3) is 0 Å². The minimum absolute atomic E-state index is 0.0610. The quantitative estimate of drug-likeness (QED) is 0.616. The summed E-state index contributed by atoms with van der Waals surface area (Å²) in [5.74, 6) is -0.124. The SMILES string of the molecule is C=CC1CC(=O)N(c2cccc(C(=O)OCC)c2)C1. The highest BCUT2D eigenvalue weighted by Gasteiger charge is 2.28. The van der Waals surface area contributed by atoms with Gasteiger partial charge >= 0.3 is 5.97 Å². The van der Waals surface area contributed by atoms with Crippen LogP contribution in [0.3, 0.4) is 0 Å². The molecule has 1 saturated heterocycles. The van der Waals surface area contributed by atoms with E-state index in [4.69, 9.17) is 4.74 Å². The minimum atomic E-state index is -0.365. The van der Waals surface area contributed by atoms with Crippen molar-refractivity contribution < 1.29 is 14.3 Å².